The molecule has 0 fully saturated rings. The van der Waals surface area contributed by atoms with Gasteiger partial charge in [0.15, 0.2) is 17.3 Å². The van der Waals surface area contributed by atoms with Crippen molar-refractivity contribution in [3.05, 3.63) is 35.4 Å². The second-order valence-electron chi connectivity index (χ2n) is 6.41. The van der Waals surface area contributed by atoms with Crippen LogP contribution in [0.2, 0.25) is 5.02 Å². The smallest absolute Gasteiger partial charge is 0.258 e. The van der Waals surface area contributed by atoms with E-state index in [0.29, 0.717) is 52.6 Å². The van der Waals surface area contributed by atoms with Gasteiger partial charge in [-0.15, -0.1) is 0 Å². The Morgan fingerprint density at radius 3 is 2.06 bits per heavy atom. The fraction of sp³-hybridized carbons (Fsp3) is 0.364. The normalized spacial score (nSPS) is 11.7. The van der Waals surface area contributed by atoms with Crippen LogP contribution in [-0.2, 0) is 9.59 Å². The predicted molar refractivity (Wildman–Crippen MR) is 121 cm³/mol. The van der Waals surface area contributed by atoms with E-state index in [1.165, 1.54) is 21.1 Å². The lowest BCUT2D eigenvalue weighted by Gasteiger charge is -2.15. The lowest BCUT2D eigenvalue weighted by atomic mass is 10.2. The van der Waals surface area contributed by atoms with Crippen LogP contribution in [-0.4, -0.2) is 45.2 Å². The Morgan fingerprint density at radius 1 is 0.969 bits per heavy atom. The molecule has 0 heterocycles. The van der Waals surface area contributed by atoms with E-state index in [-0.39, 0.29) is 0 Å². The molecule has 1 atom stereocenters. The summed E-state index contributed by atoms with van der Waals surface area (Å²) in [4.78, 5) is 24.9. The Hall–Kier alpha value is -3.33. The molecule has 32 heavy (non-hydrogen) atoms. The summed E-state index contributed by atoms with van der Waals surface area (Å²) >= 11 is 6.28. The molecule has 0 saturated heterocycles. The highest BCUT2D eigenvalue weighted by molar-refractivity contribution is 6.33. The third kappa shape index (κ3) is 6.34. The fourth-order valence-electron chi connectivity index (χ4n) is 2.71. The number of anilines is 1. The van der Waals surface area contributed by atoms with Crippen LogP contribution >= 0.6 is 11.6 Å². The number of carbonyl (C=O) groups is 2. The number of halogens is 1. The monoisotopic (exact) mass is 463 g/mol. The van der Waals surface area contributed by atoms with Gasteiger partial charge in [-0.05, 0) is 32.9 Å². The number of hydrogen-bond acceptors (Lipinski definition) is 8. The van der Waals surface area contributed by atoms with Crippen molar-refractivity contribution in [2.75, 3.05) is 32.8 Å². The van der Waals surface area contributed by atoms with E-state index in [2.05, 4.69) is 15.5 Å². The highest BCUT2D eigenvalue weighted by Gasteiger charge is 2.24. The Bertz CT molecular complexity index is 969. The van der Waals surface area contributed by atoms with Crippen LogP contribution in [0.25, 0.3) is 0 Å². The van der Waals surface area contributed by atoms with Crippen molar-refractivity contribution >= 4 is 34.7 Å². The third-order valence-electron chi connectivity index (χ3n) is 4.16. The van der Waals surface area contributed by atoms with Crippen molar-refractivity contribution in [1.29, 1.82) is 0 Å². The first-order valence-electron chi connectivity index (χ1n) is 9.87. The summed E-state index contributed by atoms with van der Waals surface area (Å²) in [5, 5.41) is 10.9. The number of benzene rings is 2. The van der Waals surface area contributed by atoms with Crippen LogP contribution in [0.5, 0.6) is 23.0 Å². The molecule has 0 aliphatic carbocycles. The second kappa shape index (κ2) is 11.9. The summed E-state index contributed by atoms with van der Waals surface area (Å²) < 4.78 is 21.4. The van der Waals surface area contributed by atoms with Gasteiger partial charge in [0, 0.05) is 23.9 Å². The number of amides is 1. The predicted octanol–water partition coefficient (Wildman–Crippen LogP) is 4.83. The van der Waals surface area contributed by atoms with Gasteiger partial charge in [-0.3, -0.25) is 9.59 Å². The van der Waals surface area contributed by atoms with Gasteiger partial charge in [0.1, 0.15) is 16.5 Å². The maximum Gasteiger partial charge on any atom is 0.258 e. The van der Waals surface area contributed by atoms with Gasteiger partial charge in [0.05, 0.1) is 33.1 Å². The minimum atomic E-state index is -1.36. The number of carbonyl (C=O) groups excluding carboxylic acids is 2. The number of ether oxygens (including phenoxy) is 4. The van der Waals surface area contributed by atoms with E-state index in [0.717, 1.165) is 0 Å². The number of hydrogen-bond donors (Lipinski definition) is 1. The molecule has 0 aliphatic heterocycles. The molecular formula is C22H26ClN3O6. The lowest BCUT2D eigenvalue weighted by molar-refractivity contribution is -0.126. The summed E-state index contributed by atoms with van der Waals surface area (Å²) in [5.74, 6) is 0.527. The summed E-state index contributed by atoms with van der Waals surface area (Å²) in [5.41, 5.74) is 0.740. The van der Waals surface area contributed by atoms with E-state index in [9.17, 15) is 9.59 Å². The minimum Gasteiger partial charge on any atom is -0.493 e. The van der Waals surface area contributed by atoms with Gasteiger partial charge in [-0.1, -0.05) is 11.6 Å². The van der Waals surface area contributed by atoms with Crippen molar-refractivity contribution in [2.45, 2.75) is 26.8 Å². The molecule has 1 amide bonds. The molecule has 0 aromatic heterocycles. The highest BCUT2D eigenvalue weighted by atomic mass is 35.5. The van der Waals surface area contributed by atoms with Gasteiger partial charge in [-0.2, -0.15) is 10.2 Å². The SMILES string of the molecule is CCOc1cc(NC(=O)C(N=Nc2ccc(OC)c(OC)c2)C(C)=O)cc(OCC)c1Cl. The Labute approximate surface area is 191 Å². The number of nitrogens with one attached hydrogen (secondary N) is 1. The minimum absolute atomic E-state index is 0.294. The number of Topliss-reactive ketones (excluding diaryl/α,β-unsaturated/α-hetero) is 1. The maximum atomic E-state index is 12.8. The molecule has 2 rings (SSSR count). The Kier molecular flexibility index (Phi) is 9.27. The average Bonchev–Trinajstić information content (AvgIpc) is 2.76. The van der Waals surface area contributed by atoms with E-state index in [1.807, 2.05) is 13.8 Å². The van der Waals surface area contributed by atoms with Gasteiger partial charge in [0.2, 0.25) is 6.04 Å². The summed E-state index contributed by atoms with van der Waals surface area (Å²) in [7, 11) is 3.00. The van der Waals surface area contributed by atoms with Crippen LogP contribution in [0, 0.1) is 0 Å². The molecule has 1 N–H and O–H groups in total. The van der Waals surface area contributed by atoms with Gasteiger partial charge < -0.3 is 24.3 Å². The molecule has 172 valence electrons. The molecule has 0 aliphatic rings. The highest BCUT2D eigenvalue weighted by Crippen LogP contribution is 2.38. The molecule has 0 bridgehead atoms. The Balaban J connectivity index is 2.27. The first-order chi connectivity index (χ1) is 15.3. The molecule has 9 nitrogen and oxygen atoms in total. The van der Waals surface area contributed by atoms with Crippen molar-refractivity contribution in [2.24, 2.45) is 10.2 Å². The van der Waals surface area contributed by atoms with Crippen molar-refractivity contribution in [3.8, 4) is 23.0 Å². The maximum absolute atomic E-state index is 12.8. The van der Waals surface area contributed by atoms with Crippen LogP contribution in [0.15, 0.2) is 40.6 Å². The zero-order chi connectivity index (χ0) is 23.7. The topological polar surface area (TPSA) is 108 Å². The largest absolute Gasteiger partial charge is 0.493 e. The molecule has 2 aromatic rings. The zero-order valence-corrected chi connectivity index (χ0v) is 19.4. The number of azo groups is 1. The van der Waals surface area contributed by atoms with Gasteiger partial charge in [0.25, 0.3) is 5.91 Å². The quantitative estimate of drug-likeness (QED) is 0.377. The van der Waals surface area contributed by atoms with E-state index < -0.39 is 17.7 Å². The van der Waals surface area contributed by atoms with Crippen LogP contribution in [0.4, 0.5) is 11.4 Å². The van der Waals surface area contributed by atoms with E-state index in [4.69, 9.17) is 30.5 Å². The van der Waals surface area contributed by atoms with Crippen LogP contribution in [0.3, 0.4) is 0 Å². The number of rotatable bonds is 11. The average molecular weight is 464 g/mol. The van der Waals surface area contributed by atoms with Crippen molar-refractivity contribution in [1.82, 2.24) is 0 Å². The molecule has 2 aromatic carbocycles. The summed E-state index contributed by atoms with van der Waals surface area (Å²) in [6, 6.07) is 6.60. The Morgan fingerprint density at radius 2 is 1.56 bits per heavy atom. The zero-order valence-electron chi connectivity index (χ0n) is 18.6. The van der Waals surface area contributed by atoms with Gasteiger partial charge >= 0.3 is 0 Å². The number of ketones is 1. The van der Waals surface area contributed by atoms with Crippen LogP contribution < -0.4 is 24.3 Å². The fourth-order valence-corrected chi connectivity index (χ4v) is 2.92. The molecule has 1 unspecified atom stereocenters. The van der Waals surface area contributed by atoms with Crippen LogP contribution in [0.1, 0.15) is 20.8 Å². The third-order valence-corrected chi connectivity index (χ3v) is 4.53. The first-order valence-corrected chi connectivity index (χ1v) is 10.3. The van der Waals surface area contributed by atoms with Crippen molar-refractivity contribution in [3.63, 3.8) is 0 Å². The standard InChI is InChI=1S/C22H26ClN3O6/c1-6-31-18-11-15(12-19(20(18)23)32-7-2)24-22(28)21(13(3)27)26-25-14-8-9-16(29-4)17(10-14)30-5/h8-12,21H,6-7H2,1-5H3,(H,24,28). The summed E-state index contributed by atoms with van der Waals surface area (Å²) in [6.07, 6.45) is 0. The number of methoxy groups -OCH3 is 2. The summed E-state index contributed by atoms with van der Waals surface area (Å²) in [6.45, 7) is 5.62. The molecule has 0 radical (unpaired) electrons. The van der Waals surface area contributed by atoms with E-state index in [1.54, 1.807) is 30.3 Å². The molecule has 0 spiro atoms. The molecule has 0 saturated carbocycles. The second-order valence-corrected chi connectivity index (χ2v) is 6.79. The lowest BCUT2D eigenvalue weighted by Crippen LogP contribution is -2.31. The van der Waals surface area contributed by atoms with E-state index >= 15 is 0 Å². The molecule has 10 heteroatoms. The van der Waals surface area contributed by atoms with Crippen molar-refractivity contribution < 1.29 is 28.5 Å². The number of nitrogens with zero attached hydrogens (tertiary/aromatic N) is 2. The van der Waals surface area contributed by atoms with Gasteiger partial charge in [-0.25, -0.2) is 0 Å². The first kappa shape index (κ1) is 24.9. The molecular weight excluding hydrogens is 438 g/mol.